The topological polar surface area (TPSA) is 55.1 Å². The summed E-state index contributed by atoms with van der Waals surface area (Å²) in [6, 6.07) is 16.4. The summed E-state index contributed by atoms with van der Waals surface area (Å²) in [5, 5.41) is 3.05. The Morgan fingerprint density at radius 2 is 1.91 bits per heavy atom. The summed E-state index contributed by atoms with van der Waals surface area (Å²) < 4.78 is 0. The number of carbonyl (C=O) groups excluding carboxylic acids is 1. The molecular weight excluding hydrogens is 284 g/mol. The average molecular weight is 308 g/mol. The Labute approximate surface area is 137 Å². The molecule has 1 aliphatic rings. The lowest BCUT2D eigenvalue weighted by Gasteiger charge is -2.25. The van der Waals surface area contributed by atoms with Gasteiger partial charge in [0.2, 0.25) is 5.91 Å². The second-order valence-electron chi connectivity index (χ2n) is 6.33. The molecule has 23 heavy (non-hydrogen) atoms. The van der Waals surface area contributed by atoms with Gasteiger partial charge < -0.3 is 11.1 Å². The van der Waals surface area contributed by atoms with E-state index in [0.29, 0.717) is 18.9 Å². The highest BCUT2D eigenvalue weighted by Gasteiger charge is 2.21. The molecule has 3 rings (SSSR count). The minimum absolute atomic E-state index is 0.155. The second kappa shape index (κ2) is 7.32. The van der Waals surface area contributed by atoms with Gasteiger partial charge in [0.15, 0.2) is 0 Å². The Morgan fingerprint density at radius 3 is 2.74 bits per heavy atom. The standard InChI is InChI=1S/C20H24N2O/c21-18-10-8-15(9-11-18)12-13-22-20(23)14-17-6-3-5-16-4-1-2-7-19(16)17/h1-2,4,7-11,17H,3,5-6,12-14,21H2,(H,22,23). The molecule has 0 spiro atoms. The molecule has 1 aliphatic carbocycles. The van der Waals surface area contributed by atoms with Gasteiger partial charge >= 0.3 is 0 Å². The van der Waals surface area contributed by atoms with E-state index < -0.39 is 0 Å². The highest BCUT2D eigenvalue weighted by atomic mass is 16.1. The molecule has 3 N–H and O–H groups in total. The minimum atomic E-state index is 0.155. The molecule has 0 heterocycles. The van der Waals surface area contributed by atoms with E-state index in [-0.39, 0.29) is 5.91 Å². The Bertz CT molecular complexity index is 664. The summed E-state index contributed by atoms with van der Waals surface area (Å²) in [4.78, 5) is 12.2. The van der Waals surface area contributed by atoms with Crippen LogP contribution in [-0.4, -0.2) is 12.5 Å². The number of nitrogen functional groups attached to an aromatic ring is 1. The summed E-state index contributed by atoms with van der Waals surface area (Å²) in [6.45, 7) is 0.678. The van der Waals surface area contributed by atoms with E-state index in [2.05, 4.69) is 29.6 Å². The third-order valence-electron chi connectivity index (χ3n) is 4.64. The third-order valence-corrected chi connectivity index (χ3v) is 4.64. The average Bonchev–Trinajstić information content (AvgIpc) is 2.57. The first-order valence-corrected chi connectivity index (χ1v) is 8.41. The first-order chi connectivity index (χ1) is 11.2. The van der Waals surface area contributed by atoms with Crippen molar-refractivity contribution in [2.45, 2.75) is 38.0 Å². The number of hydrogen-bond donors (Lipinski definition) is 2. The summed E-state index contributed by atoms with van der Waals surface area (Å²) in [7, 11) is 0. The molecule has 2 aromatic carbocycles. The molecule has 0 aliphatic heterocycles. The lowest BCUT2D eigenvalue weighted by Crippen LogP contribution is -2.28. The molecule has 0 radical (unpaired) electrons. The Kier molecular flexibility index (Phi) is 4.96. The van der Waals surface area contributed by atoms with E-state index in [1.54, 1.807) is 0 Å². The van der Waals surface area contributed by atoms with Gasteiger partial charge in [-0.05, 0) is 60.4 Å². The fourth-order valence-corrected chi connectivity index (χ4v) is 3.39. The minimum Gasteiger partial charge on any atom is -0.399 e. The van der Waals surface area contributed by atoms with Crippen LogP contribution >= 0.6 is 0 Å². The first-order valence-electron chi connectivity index (χ1n) is 8.41. The normalized spacial score (nSPS) is 16.6. The number of anilines is 1. The van der Waals surface area contributed by atoms with Crippen molar-refractivity contribution in [1.29, 1.82) is 0 Å². The first kappa shape index (κ1) is 15.6. The van der Waals surface area contributed by atoms with Crippen molar-refractivity contribution in [2.75, 3.05) is 12.3 Å². The largest absolute Gasteiger partial charge is 0.399 e. The van der Waals surface area contributed by atoms with Crippen molar-refractivity contribution in [3.05, 3.63) is 65.2 Å². The maximum atomic E-state index is 12.2. The molecule has 2 aromatic rings. The van der Waals surface area contributed by atoms with Gasteiger partial charge in [-0.25, -0.2) is 0 Å². The van der Waals surface area contributed by atoms with Gasteiger partial charge in [-0.2, -0.15) is 0 Å². The monoisotopic (exact) mass is 308 g/mol. The smallest absolute Gasteiger partial charge is 0.220 e. The van der Waals surface area contributed by atoms with Crippen molar-refractivity contribution >= 4 is 11.6 Å². The van der Waals surface area contributed by atoms with Gasteiger partial charge in [0.1, 0.15) is 0 Å². The Hall–Kier alpha value is -2.29. The Balaban J connectivity index is 1.49. The van der Waals surface area contributed by atoms with Crippen LogP contribution in [0.5, 0.6) is 0 Å². The number of fused-ring (bicyclic) bond motifs is 1. The number of hydrogen-bond acceptors (Lipinski definition) is 2. The molecule has 0 bridgehead atoms. The lowest BCUT2D eigenvalue weighted by atomic mass is 9.81. The molecule has 3 nitrogen and oxygen atoms in total. The van der Waals surface area contributed by atoms with E-state index in [1.165, 1.54) is 23.1 Å². The number of carbonyl (C=O) groups is 1. The maximum absolute atomic E-state index is 12.2. The van der Waals surface area contributed by atoms with Crippen LogP contribution in [0, 0.1) is 0 Å². The predicted octanol–water partition coefficient (Wildman–Crippen LogP) is 3.44. The number of nitrogens with one attached hydrogen (secondary N) is 1. The van der Waals surface area contributed by atoms with Crippen LogP contribution < -0.4 is 11.1 Å². The van der Waals surface area contributed by atoms with Gasteiger partial charge in [-0.15, -0.1) is 0 Å². The van der Waals surface area contributed by atoms with Gasteiger partial charge in [-0.3, -0.25) is 4.79 Å². The van der Waals surface area contributed by atoms with Crippen LogP contribution in [0.2, 0.25) is 0 Å². The zero-order valence-corrected chi connectivity index (χ0v) is 13.4. The molecule has 0 fully saturated rings. The van der Waals surface area contributed by atoms with Crippen LogP contribution in [0.4, 0.5) is 5.69 Å². The number of amides is 1. The number of rotatable bonds is 5. The van der Waals surface area contributed by atoms with Crippen LogP contribution in [0.25, 0.3) is 0 Å². The van der Waals surface area contributed by atoms with Crippen LogP contribution in [-0.2, 0) is 17.6 Å². The summed E-state index contributed by atoms with van der Waals surface area (Å²) in [5.74, 6) is 0.527. The number of aryl methyl sites for hydroxylation is 1. The molecular formula is C20H24N2O. The van der Waals surface area contributed by atoms with Gasteiger partial charge in [0.05, 0.1) is 0 Å². The summed E-state index contributed by atoms with van der Waals surface area (Å²) in [6.07, 6.45) is 4.88. The van der Waals surface area contributed by atoms with E-state index in [1.807, 2.05) is 24.3 Å². The highest BCUT2D eigenvalue weighted by molar-refractivity contribution is 5.77. The van der Waals surface area contributed by atoms with E-state index in [4.69, 9.17) is 5.73 Å². The zero-order chi connectivity index (χ0) is 16.1. The third kappa shape index (κ3) is 4.13. The molecule has 0 saturated carbocycles. The molecule has 0 saturated heterocycles. The van der Waals surface area contributed by atoms with Crippen molar-refractivity contribution in [3.8, 4) is 0 Å². The molecule has 3 heteroatoms. The van der Waals surface area contributed by atoms with Crippen molar-refractivity contribution in [1.82, 2.24) is 5.32 Å². The number of benzene rings is 2. The maximum Gasteiger partial charge on any atom is 0.220 e. The second-order valence-corrected chi connectivity index (χ2v) is 6.33. The summed E-state index contributed by atoms with van der Waals surface area (Å²) in [5.41, 5.74) is 10.4. The quantitative estimate of drug-likeness (QED) is 0.831. The highest BCUT2D eigenvalue weighted by Crippen LogP contribution is 2.33. The van der Waals surface area contributed by atoms with E-state index in [0.717, 1.165) is 24.9 Å². The van der Waals surface area contributed by atoms with Gasteiger partial charge in [-0.1, -0.05) is 36.4 Å². The molecule has 1 unspecified atom stereocenters. The molecule has 1 amide bonds. The van der Waals surface area contributed by atoms with Crippen LogP contribution in [0.3, 0.4) is 0 Å². The summed E-state index contributed by atoms with van der Waals surface area (Å²) >= 11 is 0. The van der Waals surface area contributed by atoms with Crippen molar-refractivity contribution in [3.63, 3.8) is 0 Å². The van der Waals surface area contributed by atoms with Crippen molar-refractivity contribution in [2.24, 2.45) is 0 Å². The molecule has 1 atom stereocenters. The Morgan fingerprint density at radius 1 is 1.13 bits per heavy atom. The zero-order valence-electron chi connectivity index (χ0n) is 13.4. The molecule has 120 valence electrons. The van der Waals surface area contributed by atoms with Gasteiger partial charge in [0.25, 0.3) is 0 Å². The van der Waals surface area contributed by atoms with Crippen LogP contribution in [0.1, 0.15) is 41.9 Å². The van der Waals surface area contributed by atoms with Crippen molar-refractivity contribution < 1.29 is 4.79 Å². The lowest BCUT2D eigenvalue weighted by molar-refractivity contribution is -0.121. The number of nitrogens with two attached hydrogens (primary N) is 1. The van der Waals surface area contributed by atoms with E-state index in [9.17, 15) is 4.79 Å². The SMILES string of the molecule is Nc1ccc(CCNC(=O)CC2CCCc3ccccc32)cc1. The molecule has 0 aromatic heterocycles. The fraction of sp³-hybridized carbons (Fsp3) is 0.350. The predicted molar refractivity (Wildman–Crippen MR) is 94.3 cm³/mol. The fourth-order valence-electron chi connectivity index (χ4n) is 3.39. The van der Waals surface area contributed by atoms with Gasteiger partial charge in [0, 0.05) is 18.7 Å². The van der Waals surface area contributed by atoms with E-state index >= 15 is 0 Å². The van der Waals surface area contributed by atoms with Crippen LogP contribution in [0.15, 0.2) is 48.5 Å².